The van der Waals surface area contributed by atoms with E-state index < -0.39 is 5.41 Å². The summed E-state index contributed by atoms with van der Waals surface area (Å²) in [5, 5.41) is 5.14. The van der Waals surface area contributed by atoms with E-state index in [1.165, 1.54) is 87.9 Å². The Kier molecular flexibility index (Phi) is 9.25. The van der Waals surface area contributed by atoms with Gasteiger partial charge in [0, 0.05) is 33.4 Å². The van der Waals surface area contributed by atoms with E-state index in [0.29, 0.717) is 0 Å². The van der Waals surface area contributed by atoms with Crippen LogP contribution in [0.4, 0.5) is 17.1 Å². The lowest BCUT2D eigenvalue weighted by Crippen LogP contribution is -2.31. The molecule has 2 aliphatic rings. The van der Waals surface area contributed by atoms with Crippen LogP contribution in [0.15, 0.2) is 243 Å². The molecule has 0 N–H and O–H groups in total. The number of rotatable bonds is 8. The Balaban J connectivity index is 0.996. The predicted molar refractivity (Wildman–Crippen MR) is 281 cm³/mol. The van der Waals surface area contributed by atoms with Crippen molar-refractivity contribution in [3.63, 3.8) is 0 Å². The summed E-state index contributed by atoms with van der Waals surface area (Å²) < 4.78 is 2.38. The van der Waals surface area contributed by atoms with Crippen LogP contribution in [0.25, 0.3) is 73.0 Å². The van der Waals surface area contributed by atoms with Gasteiger partial charge in [-0.3, -0.25) is 0 Å². The van der Waals surface area contributed by atoms with Gasteiger partial charge >= 0.3 is 0 Å². The van der Waals surface area contributed by atoms with Crippen molar-refractivity contribution in [1.29, 1.82) is 0 Å². The van der Waals surface area contributed by atoms with E-state index in [1.54, 1.807) is 0 Å². The molecule has 2 aliphatic carbocycles. The fourth-order valence-electron chi connectivity index (χ4n) is 11.4. The topological polar surface area (TPSA) is 8.17 Å². The van der Waals surface area contributed by atoms with Crippen molar-refractivity contribution in [2.45, 2.75) is 18.3 Å². The first-order valence-electron chi connectivity index (χ1n) is 23.5. The van der Waals surface area contributed by atoms with Crippen molar-refractivity contribution in [3.05, 3.63) is 275 Å². The first-order valence-corrected chi connectivity index (χ1v) is 23.5. The standard InChI is InChI=1S/C65H46N2/c1-4-19-48(20-5-1)64-54-25-11-10-18-47(54)36-43-63(64)66(51-37-32-45(33-38-51)46-34-39-52(40-35-46)67-61-30-16-13-27-57(61)58-28-14-17-31-62(58)67)53-41-42-56-55-26-12-15-29-59(55)65(60(56)44-53,49-21-6-2-7-22-49)50-23-8-3-9-24-50/h1-9,12-44H,10-11H2. The Morgan fingerprint density at radius 2 is 0.925 bits per heavy atom. The van der Waals surface area contributed by atoms with Crippen LogP contribution in [0.5, 0.6) is 0 Å². The van der Waals surface area contributed by atoms with Crippen LogP contribution < -0.4 is 15.3 Å². The van der Waals surface area contributed by atoms with Gasteiger partial charge in [0.1, 0.15) is 0 Å². The molecule has 0 unspecified atom stereocenters. The molecular weight excluding hydrogens is 809 g/mol. The Morgan fingerprint density at radius 3 is 1.60 bits per heavy atom. The molecule has 2 nitrogen and oxygen atoms in total. The smallest absolute Gasteiger partial charge is 0.0714 e. The molecule has 0 saturated heterocycles. The lowest BCUT2D eigenvalue weighted by atomic mass is 9.67. The van der Waals surface area contributed by atoms with Gasteiger partial charge in [0.2, 0.25) is 0 Å². The maximum absolute atomic E-state index is 2.50. The molecular formula is C65H46N2. The number of hydrogen-bond donors (Lipinski definition) is 0. The normalized spacial score (nSPS) is 13.3. The number of fused-ring (bicyclic) bond motifs is 7. The summed E-state index contributed by atoms with van der Waals surface area (Å²) in [7, 11) is 0. The number of para-hydroxylation sites is 2. The highest BCUT2D eigenvalue weighted by Crippen LogP contribution is 2.57. The highest BCUT2D eigenvalue weighted by atomic mass is 15.1. The second kappa shape index (κ2) is 15.9. The SMILES string of the molecule is C1=c2ccc(N(c3ccc(-c4ccc(-n5c6ccccc6c6ccccc65)cc4)cc3)c3ccc4c(c3)C(c3ccccc3)(c3ccccc3)c3ccccc3-4)c(-c3ccccc3)c2=CCC1. The van der Waals surface area contributed by atoms with Gasteiger partial charge in [-0.05, 0) is 128 Å². The monoisotopic (exact) mass is 854 g/mol. The third kappa shape index (κ3) is 6.18. The third-order valence-electron chi connectivity index (χ3n) is 14.3. The zero-order valence-corrected chi connectivity index (χ0v) is 37.1. The van der Waals surface area contributed by atoms with Crippen molar-refractivity contribution in [3.8, 4) is 39.1 Å². The molecule has 316 valence electrons. The minimum atomic E-state index is -0.522. The second-order valence-corrected chi connectivity index (χ2v) is 17.9. The molecule has 2 heteroatoms. The predicted octanol–water partition coefficient (Wildman–Crippen LogP) is 15.3. The number of benzene rings is 10. The van der Waals surface area contributed by atoms with Gasteiger partial charge in [-0.25, -0.2) is 0 Å². The van der Waals surface area contributed by atoms with E-state index in [0.717, 1.165) is 35.6 Å². The second-order valence-electron chi connectivity index (χ2n) is 17.9. The molecule has 67 heavy (non-hydrogen) atoms. The van der Waals surface area contributed by atoms with Crippen molar-refractivity contribution >= 4 is 51.0 Å². The quantitative estimate of drug-likeness (QED) is 0.148. The highest BCUT2D eigenvalue weighted by molar-refractivity contribution is 6.09. The van der Waals surface area contributed by atoms with Gasteiger partial charge in [-0.2, -0.15) is 0 Å². The molecule has 0 aliphatic heterocycles. The number of aromatic nitrogens is 1. The molecule has 0 amide bonds. The zero-order valence-electron chi connectivity index (χ0n) is 37.1. The Bertz CT molecular complexity index is 3680. The lowest BCUT2D eigenvalue weighted by molar-refractivity contribution is 0.768. The summed E-state index contributed by atoms with van der Waals surface area (Å²) in [5.41, 5.74) is 18.9. The maximum Gasteiger partial charge on any atom is 0.0714 e. The maximum atomic E-state index is 2.50. The van der Waals surface area contributed by atoms with Crippen molar-refractivity contribution in [2.24, 2.45) is 0 Å². The van der Waals surface area contributed by atoms with Crippen molar-refractivity contribution < 1.29 is 0 Å². The summed E-state index contributed by atoms with van der Waals surface area (Å²) in [4.78, 5) is 2.50. The van der Waals surface area contributed by atoms with Crippen LogP contribution in [0, 0.1) is 0 Å². The van der Waals surface area contributed by atoms with Crippen LogP contribution in [-0.4, -0.2) is 4.57 Å². The van der Waals surface area contributed by atoms with Crippen LogP contribution in [0.3, 0.4) is 0 Å². The van der Waals surface area contributed by atoms with Crippen LogP contribution >= 0.6 is 0 Å². The summed E-state index contributed by atoms with van der Waals surface area (Å²) in [6, 6.07) is 89.7. The van der Waals surface area contributed by atoms with E-state index in [9.17, 15) is 0 Å². The summed E-state index contributed by atoms with van der Waals surface area (Å²) in [5.74, 6) is 0. The molecule has 0 bridgehead atoms. The first kappa shape index (κ1) is 39.0. The van der Waals surface area contributed by atoms with E-state index in [1.807, 2.05) is 0 Å². The molecule has 11 aromatic rings. The lowest BCUT2D eigenvalue weighted by Gasteiger charge is -2.35. The van der Waals surface area contributed by atoms with Gasteiger partial charge in [0.15, 0.2) is 0 Å². The summed E-state index contributed by atoms with van der Waals surface area (Å²) in [6.45, 7) is 0. The number of nitrogens with zero attached hydrogens (tertiary/aromatic N) is 2. The molecule has 1 heterocycles. The van der Waals surface area contributed by atoms with Crippen LogP contribution in [-0.2, 0) is 5.41 Å². The fraction of sp³-hybridized carbons (Fsp3) is 0.0462. The molecule has 0 radical (unpaired) electrons. The Morgan fingerprint density at radius 1 is 0.388 bits per heavy atom. The third-order valence-corrected chi connectivity index (χ3v) is 14.3. The summed E-state index contributed by atoms with van der Waals surface area (Å²) in [6.07, 6.45) is 6.92. The average molecular weight is 855 g/mol. The van der Waals surface area contributed by atoms with Crippen LogP contribution in [0.2, 0.25) is 0 Å². The van der Waals surface area contributed by atoms with E-state index >= 15 is 0 Å². The highest BCUT2D eigenvalue weighted by Gasteiger charge is 2.46. The van der Waals surface area contributed by atoms with Gasteiger partial charge in [0.25, 0.3) is 0 Å². The molecule has 0 saturated carbocycles. The number of hydrogen-bond acceptors (Lipinski definition) is 1. The molecule has 0 spiro atoms. The van der Waals surface area contributed by atoms with Crippen LogP contribution in [0.1, 0.15) is 35.1 Å². The minimum Gasteiger partial charge on any atom is -0.310 e. The molecule has 1 aromatic heterocycles. The fourth-order valence-corrected chi connectivity index (χ4v) is 11.4. The molecule has 0 fully saturated rings. The Labute approximate surface area is 391 Å². The average Bonchev–Trinajstić information content (AvgIpc) is 3.90. The van der Waals surface area contributed by atoms with E-state index in [4.69, 9.17) is 0 Å². The number of anilines is 3. The Hall–Kier alpha value is -8.46. The van der Waals surface area contributed by atoms with Gasteiger partial charge in [-0.1, -0.05) is 200 Å². The molecule has 10 aromatic carbocycles. The van der Waals surface area contributed by atoms with Gasteiger partial charge in [0.05, 0.1) is 22.1 Å². The van der Waals surface area contributed by atoms with Crippen molar-refractivity contribution in [2.75, 3.05) is 4.90 Å². The first-order chi connectivity index (χ1) is 33.3. The van der Waals surface area contributed by atoms with E-state index in [-0.39, 0.29) is 0 Å². The summed E-state index contributed by atoms with van der Waals surface area (Å²) >= 11 is 0. The van der Waals surface area contributed by atoms with Crippen molar-refractivity contribution in [1.82, 2.24) is 4.57 Å². The largest absolute Gasteiger partial charge is 0.310 e. The zero-order chi connectivity index (χ0) is 44.3. The van der Waals surface area contributed by atoms with Gasteiger partial charge in [-0.15, -0.1) is 0 Å². The molecule has 13 rings (SSSR count). The molecule has 0 atom stereocenters. The van der Waals surface area contributed by atoms with E-state index in [2.05, 4.69) is 264 Å². The minimum absolute atomic E-state index is 0.522. The van der Waals surface area contributed by atoms with Gasteiger partial charge < -0.3 is 9.47 Å².